The molecule has 2 fully saturated rings. The van der Waals surface area contributed by atoms with Gasteiger partial charge >= 0.3 is 12.1 Å². The highest BCUT2D eigenvalue weighted by Gasteiger charge is 2.54. The minimum absolute atomic E-state index is 0.237. The maximum atomic E-state index is 13.2. The van der Waals surface area contributed by atoms with Crippen LogP contribution >= 0.6 is 0 Å². The van der Waals surface area contributed by atoms with Crippen molar-refractivity contribution in [2.24, 2.45) is 0 Å². The summed E-state index contributed by atoms with van der Waals surface area (Å²) in [4.78, 5) is 30.1. The molecule has 4 aromatic rings. The van der Waals surface area contributed by atoms with Crippen molar-refractivity contribution in [3.8, 4) is 0 Å². The van der Waals surface area contributed by atoms with E-state index in [1.807, 2.05) is 0 Å². The van der Waals surface area contributed by atoms with Gasteiger partial charge in [0.25, 0.3) is 0 Å². The van der Waals surface area contributed by atoms with E-state index in [2.05, 4.69) is 10.1 Å². The van der Waals surface area contributed by atoms with Crippen molar-refractivity contribution < 1.29 is 38.7 Å². The van der Waals surface area contributed by atoms with E-state index in [-0.39, 0.29) is 24.1 Å². The molecule has 2 aliphatic heterocycles. The van der Waals surface area contributed by atoms with Gasteiger partial charge in [-0.2, -0.15) is 5.10 Å². The van der Waals surface area contributed by atoms with Crippen molar-refractivity contribution in [1.29, 1.82) is 0 Å². The highest BCUT2D eigenvalue weighted by atomic mass is 16.6. The molecule has 0 radical (unpaired) electrons. The van der Waals surface area contributed by atoms with Crippen LogP contribution in [0.5, 0.6) is 0 Å². The molecule has 0 saturated carbocycles. The zero-order chi connectivity index (χ0) is 28.0. The van der Waals surface area contributed by atoms with Gasteiger partial charge in [0.1, 0.15) is 48.5 Å². The number of para-hydroxylation sites is 1. The molecule has 6 rings (SSSR count). The number of esters is 1. The van der Waals surface area contributed by atoms with Crippen LogP contribution in [0.1, 0.15) is 35.8 Å². The molecule has 0 amide bonds. The first-order valence-corrected chi connectivity index (χ1v) is 13.0. The number of rotatable bonds is 5. The second-order valence-corrected chi connectivity index (χ2v) is 10.1. The minimum atomic E-state index is -1.38. The van der Waals surface area contributed by atoms with E-state index in [4.69, 9.17) is 24.7 Å². The summed E-state index contributed by atoms with van der Waals surface area (Å²) in [6.45, 7) is 2.30. The van der Waals surface area contributed by atoms with E-state index in [0.717, 1.165) is 0 Å². The van der Waals surface area contributed by atoms with Crippen LogP contribution in [0.2, 0.25) is 0 Å². The van der Waals surface area contributed by atoms with E-state index < -0.39 is 36.0 Å². The Kier molecular flexibility index (Phi) is 6.66. The van der Waals surface area contributed by atoms with Crippen LogP contribution < -0.4 is 5.73 Å². The Labute approximate surface area is 228 Å². The normalized spacial score (nSPS) is 25.4. The molecule has 210 valence electrons. The summed E-state index contributed by atoms with van der Waals surface area (Å²) in [7, 11) is 0. The van der Waals surface area contributed by atoms with Gasteiger partial charge < -0.3 is 34.9 Å². The first-order chi connectivity index (χ1) is 19.3. The number of nitrogens with zero attached hydrogens (tertiary/aromatic N) is 4. The largest absolute Gasteiger partial charge is 0.459 e. The average molecular weight is 552 g/mol. The number of carbonyl (C=O) groups excluding carboxylic acids is 2. The van der Waals surface area contributed by atoms with Crippen LogP contribution in [0.15, 0.2) is 48.9 Å². The van der Waals surface area contributed by atoms with E-state index in [1.165, 1.54) is 21.6 Å². The van der Waals surface area contributed by atoms with Gasteiger partial charge in [0.2, 0.25) is 0 Å². The van der Waals surface area contributed by atoms with Gasteiger partial charge in [0, 0.05) is 24.4 Å². The number of fused-ring (bicyclic) bond motifs is 2. The molecule has 4 N–H and O–H groups in total. The Bertz CT molecular complexity index is 1580. The molecule has 2 aliphatic rings. The summed E-state index contributed by atoms with van der Waals surface area (Å²) in [6.07, 6.45) is -0.920. The third-order valence-corrected chi connectivity index (χ3v) is 7.60. The first kappa shape index (κ1) is 26.2. The Morgan fingerprint density at radius 3 is 2.73 bits per heavy atom. The quantitative estimate of drug-likeness (QED) is 0.308. The topological polar surface area (TPSA) is 173 Å². The Morgan fingerprint density at radius 1 is 1.15 bits per heavy atom. The number of aromatic nitrogens is 4. The van der Waals surface area contributed by atoms with Crippen LogP contribution in [0.25, 0.3) is 16.4 Å². The highest BCUT2D eigenvalue weighted by molar-refractivity contribution is 6.06. The van der Waals surface area contributed by atoms with E-state index in [0.29, 0.717) is 48.2 Å². The minimum Gasteiger partial charge on any atom is -0.459 e. The lowest BCUT2D eigenvalue weighted by Crippen LogP contribution is -2.39. The molecule has 0 spiro atoms. The fraction of sp³-hybridized carbons (Fsp3) is 0.407. The summed E-state index contributed by atoms with van der Waals surface area (Å²) < 4.78 is 25.3. The molecule has 5 heterocycles. The van der Waals surface area contributed by atoms with Gasteiger partial charge in [-0.15, -0.1) is 0 Å². The maximum absolute atomic E-state index is 13.2. The first-order valence-electron chi connectivity index (χ1n) is 13.0. The number of aliphatic hydroxyl groups is 2. The molecule has 13 nitrogen and oxygen atoms in total. The highest BCUT2D eigenvalue weighted by Crippen LogP contribution is 2.40. The van der Waals surface area contributed by atoms with Crippen LogP contribution in [-0.4, -0.2) is 85.7 Å². The predicted octanol–water partition coefficient (Wildman–Crippen LogP) is 1.62. The number of hydrogen-bond donors (Lipinski definition) is 3. The van der Waals surface area contributed by atoms with Crippen molar-refractivity contribution in [1.82, 2.24) is 19.2 Å². The van der Waals surface area contributed by atoms with Crippen LogP contribution in [-0.2, 0) is 24.5 Å². The third kappa shape index (κ3) is 4.36. The van der Waals surface area contributed by atoms with Crippen molar-refractivity contribution in [2.75, 3.05) is 25.6 Å². The van der Waals surface area contributed by atoms with E-state index in [9.17, 15) is 19.8 Å². The molecule has 1 aromatic carbocycles. The number of carbonyl (C=O) groups is 2. The summed E-state index contributed by atoms with van der Waals surface area (Å²) in [5.74, 6) is -0.287. The number of nitrogen functional groups attached to an aromatic ring is 1. The Hall–Kier alpha value is -4.04. The lowest BCUT2D eigenvalue weighted by molar-refractivity contribution is -0.0899. The molecule has 3 aromatic heterocycles. The van der Waals surface area contributed by atoms with E-state index >= 15 is 0 Å². The van der Waals surface area contributed by atoms with Gasteiger partial charge in [-0.1, -0.05) is 18.2 Å². The SMILES string of the molecule is C[C@@]1(c2ccc3c(N)ncnn23)O[C@H](COC(=O)n2cc(C(=O)OC3CCOCC3)c3ccccc32)[C@@H](O)[C@H]1O. The summed E-state index contributed by atoms with van der Waals surface area (Å²) in [5.41, 5.74) is 6.20. The molecule has 0 bridgehead atoms. The number of hydrogen-bond acceptors (Lipinski definition) is 11. The second kappa shape index (κ2) is 10.2. The van der Waals surface area contributed by atoms with Crippen LogP contribution in [0.4, 0.5) is 10.6 Å². The molecule has 13 heteroatoms. The molecular weight excluding hydrogens is 522 g/mol. The molecular formula is C27H29N5O8. The zero-order valence-corrected chi connectivity index (χ0v) is 21.7. The Balaban J connectivity index is 1.19. The monoisotopic (exact) mass is 551 g/mol. The van der Waals surface area contributed by atoms with Crippen LogP contribution in [0.3, 0.4) is 0 Å². The zero-order valence-electron chi connectivity index (χ0n) is 21.7. The summed E-state index contributed by atoms with van der Waals surface area (Å²) in [5, 5.41) is 26.5. The van der Waals surface area contributed by atoms with Crippen molar-refractivity contribution in [2.45, 2.75) is 49.8 Å². The average Bonchev–Trinajstić information content (AvgIpc) is 3.63. The van der Waals surface area contributed by atoms with Crippen LogP contribution in [0, 0.1) is 0 Å². The standard InChI is InChI=1S/C27H29N5O8/c1-27(21-7-6-19-24(28)29-14-30-32(19)21)23(34)22(33)20(40-27)13-38-26(36)31-12-17(16-4-2-3-5-18(16)31)25(35)39-15-8-10-37-11-9-15/h2-7,12,14-15,20,22-23,33-34H,8-11,13H2,1H3,(H2,28,29,30)/t20-,22-,23-,27+/m1/s1. The number of nitrogens with two attached hydrogens (primary N) is 1. The number of anilines is 1. The van der Waals surface area contributed by atoms with Gasteiger partial charge in [-0.25, -0.2) is 19.1 Å². The van der Waals surface area contributed by atoms with E-state index in [1.54, 1.807) is 43.3 Å². The summed E-state index contributed by atoms with van der Waals surface area (Å²) in [6, 6.07) is 10.3. The molecule has 2 saturated heterocycles. The fourth-order valence-electron chi connectivity index (χ4n) is 5.38. The second-order valence-electron chi connectivity index (χ2n) is 10.1. The van der Waals surface area contributed by atoms with Gasteiger partial charge in [0.15, 0.2) is 5.82 Å². The summed E-state index contributed by atoms with van der Waals surface area (Å²) >= 11 is 0. The number of aliphatic hydroxyl groups excluding tert-OH is 2. The smallest absolute Gasteiger partial charge is 0.418 e. The van der Waals surface area contributed by atoms with Gasteiger partial charge in [-0.3, -0.25) is 4.57 Å². The fourth-order valence-corrected chi connectivity index (χ4v) is 5.38. The lowest BCUT2D eigenvalue weighted by Gasteiger charge is -2.27. The molecule has 0 unspecified atom stereocenters. The maximum Gasteiger partial charge on any atom is 0.418 e. The predicted molar refractivity (Wildman–Crippen MR) is 140 cm³/mol. The number of ether oxygens (including phenoxy) is 4. The Morgan fingerprint density at radius 2 is 1.93 bits per heavy atom. The number of benzene rings is 1. The van der Waals surface area contributed by atoms with Crippen molar-refractivity contribution in [3.05, 3.63) is 60.2 Å². The van der Waals surface area contributed by atoms with Gasteiger partial charge in [0.05, 0.1) is 30.0 Å². The molecule has 0 aliphatic carbocycles. The van der Waals surface area contributed by atoms with Crippen molar-refractivity contribution in [3.63, 3.8) is 0 Å². The van der Waals surface area contributed by atoms with Crippen molar-refractivity contribution >= 4 is 34.3 Å². The molecule has 4 atom stereocenters. The van der Waals surface area contributed by atoms with Gasteiger partial charge in [-0.05, 0) is 25.1 Å². The lowest BCUT2D eigenvalue weighted by atomic mass is 9.93. The molecule has 40 heavy (non-hydrogen) atoms. The third-order valence-electron chi connectivity index (χ3n) is 7.60.